The molecule has 0 heterocycles. The maximum atomic E-state index is 12.0. The Morgan fingerprint density at radius 1 is 1.05 bits per heavy atom. The highest BCUT2D eigenvalue weighted by Gasteiger charge is 2.15. The zero-order valence-corrected chi connectivity index (χ0v) is 12.0. The predicted octanol–water partition coefficient (Wildman–Crippen LogP) is 3.17. The standard InChI is InChI=1S/C12H16ClNO4S/c13-9-3-1-2-4-10-19(17,18)12-7-5-11(6-8-12)14(15)16/h5-8H,1-4,9-10H2. The summed E-state index contributed by atoms with van der Waals surface area (Å²) in [5, 5.41) is 10.5. The second-order valence-electron chi connectivity index (χ2n) is 4.17. The number of alkyl halides is 1. The smallest absolute Gasteiger partial charge is 0.258 e. The highest BCUT2D eigenvalue weighted by molar-refractivity contribution is 7.91. The van der Waals surface area contributed by atoms with Gasteiger partial charge < -0.3 is 0 Å². The molecule has 7 heteroatoms. The highest BCUT2D eigenvalue weighted by atomic mass is 35.5. The molecule has 1 aromatic rings. The number of nitro groups is 1. The first-order valence-electron chi connectivity index (χ1n) is 6.00. The van der Waals surface area contributed by atoms with Crippen LogP contribution in [0.4, 0.5) is 5.69 Å². The summed E-state index contributed by atoms with van der Waals surface area (Å²) in [5.74, 6) is 0.655. The van der Waals surface area contributed by atoms with Crippen molar-refractivity contribution in [3.05, 3.63) is 34.4 Å². The van der Waals surface area contributed by atoms with Crippen LogP contribution in [0.15, 0.2) is 29.2 Å². The normalized spacial score (nSPS) is 11.4. The third kappa shape index (κ3) is 5.16. The van der Waals surface area contributed by atoms with Gasteiger partial charge in [-0.25, -0.2) is 8.42 Å². The topological polar surface area (TPSA) is 77.3 Å². The minimum atomic E-state index is -3.35. The van der Waals surface area contributed by atoms with Gasteiger partial charge in [0.25, 0.3) is 5.69 Å². The third-order valence-corrected chi connectivity index (χ3v) is 4.79. The number of rotatable bonds is 8. The van der Waals surface area contributed by atoms with Gasteiger partial charge in [-0.3, -0.25) is 10.1 Å². The molecule has 0 N–H and O–H groups in total. The zero-order valence-electron chi connectivity index (χ0n) is 10.4. The summed E-state index contributed by atoms with van der Waals surface area (Å²) < 4.78 is 23.9. The number of nitrogens with zero attached hydrogens (tertiary/aromatic N) is 1. The first-order valence-corrected chi connectivity index (χ1v) is 8.19. The lowest BCUT2D eigenvalue weighted by atomic mass is 10.2. The van der Waals surface area contributed by atoms with Crippen molar-refractivity contribution in [1.29, 1.82) is 0 Å². The van der Waals surface area contributed by atoms with Crippen molar-refractivity contribution in [2.24, 2.45) is 0 Å². The van der Waals surface area contributed by atoms with Crippen molar-refractivity contribution in [3.63, 3.8) is 0 Å². The second kappa shape index (κ2) is 7.45. The van der Waals surface area contributed by atoms with Gasteiger partial charge in [0.15, 0.2) is 9.84 Å². The van der Waals surface area contributed by atoms with E-state index < -0.39 is 14.8 Å². The number of hydrogen-bond donors (Lipinski definition) is 0. The van der Waals surface area contributed by atoms with Gasteiger partial charge in [0.05, 0.1) is 15.6 Å². The van der Waals surface area contributed by atoms with E-state index in [0.717, 1.165) is 19.3 Å². The van der Waals surface area contributed by atoms with E-state index in [4.69, 9.17) is 11.6 Å². The Hall–Kier alpha value is -1.14. The van der Waals surface area contributed by atoms with Crippen molar-refractivity contribution in [2.45, 2.75) is 30.6 Å². The van der Waals surface area contributed by atoms with E-state index in [1.165, 1.54) is 24.3 Å². The van der Waals surface area contributed by atoms with Crippen molar-refractivity contribution < 1.29 is 13.3 Å². The molecular formula is C12H16ClNO4S. The summed E-state index contributed by atoms with van der Waals surface area (Å²) in [5.41, 5.74) is -0.110. The van der Waals surface area contributed by atoms with E-state index in [0.29, 0.717) is 12.3 Å². The molecule has 19 heavy (non-hydrogen) atoms. The number of hydrogen-bond acceptors (Lipinski definition) is 4. The van der Waals surface area contributed by atoms with Crippen LogP contribution in [0.2, 0.25) is 0 Å². The number of benzene rings is 1. The minimum Gasteiger partial charge on any atom is -0.258 e. The molecule has 0 fully saturated rings. The van der Waals surface area contributed by atoms with Crippen LogP contribution in [0.1, 0.15) is 25.7 Å². The molecule has 0 aliphatic carbocycles. The van der Waals surface area contributed by atoms with E-state index in [9.17, 15) is 18.5 Å². The molecule has 0 saturated heterocycles. The van der Waals surface area contributed by atoms with Crippen LogP contribution in [-0.4, -0.2) is 25.0 Å². The van der Waals surface area contributed by atoms with Crippen LogP contribution in [0.3, 0.4) is 0 Å². The predicted molar refractivity (Wildman–Crippen MR) is 74.3 cm³/mol. The summed E-state index contributed by atoms with van der Waals surface area (Å²) >= 11 is 5.53. The van der Waals surface area contributed by atoms with E-state index in [1.807, 2.05) is 0 Å². The van der Waals surface area contributed by atoms with Crippen LogP contribution in [0.25, 0.3) is 0 Å². The maximum Gasteiger partial charge on any atom is 0.269 e. The molecule has 0 unspecified atom stereocenters. The Bertz CT molecular complexity index is 513. The summed E-state index contributed by atoms with van der Waals surface area (Å²) in [7, 11) is -3.35. The molecule has 1 aromatic carbocycles. The van der Waals surface area contributed by atoms with Crippen LogP contribution in [-0.2, 0) is 9.84 Å². The molecule has 0 aliphatic rings. The molecule has 0 spiro atoms. The first kappa shape index (κ1) is 15.9. The van der Waals surface area contributed by atoms with Crippen molar-refractivity contribution in [3.8, 4) is 0 Å². The van der Waals surface area contributed by atoms with Gasteiger partial charge in [-0.15, -0.1) is 11.6 Å². The third-order valence-electron chi connectivity index (χ3n) is 2.70. The lowest BCUT2D eigenvalue weighted by Crippen LogP contribution is -2.07. The van der Waals surface area contributed by atoms with Gasteiger partial charge >= 0.3 is 0 Å². The molecule has 0 amide bonds. The molecule has 5 nitrogen and oxygen atoms in total. The molecule has 0 bridgehead atoms. The van der Waals surface area contributed by atoms with Crippen LogP contribution >= 0.6 is 11.6 Å². The molecule has 0 radical (unpaired) electrons. The van der Waals surface area contributed by atoms with E-state index in [1.54, 1.807) is 0 Å². The van der Waals surface area contributed by atoms with Gasteiger partial charge in [-0.05, 0) is 25.0 Å². The lowest BCUT2D eigenvalue weighted by Gasteiger charge is -2.04. The van der Waals surface area contributed by atoms with Crippen LogP contribution in [0.5, 0.6) is 0 Å². The fraction of sp³-hybridized carbons (Fsp3) is 0.500. The number of non-ortho nitro benzene ring substituents is 1. The average Bonchev–Trinajstić information content (AvgIpc) is 2.38. The summed E-state index contributed by atoms with van der Waals surface area (Å²) in [6, 6.07) is 4.99. The quantitative estimate of drug-likeness (QED) is 0.320. The first-order chi connectivity index (χ1) is 8.97. The Balaban J connectivity index is 2.59. The van der Waals surface area contributed by atoms with Gasteiger partial charge in [-0.2, -0.15) is 0 Å². The van der Waals surface area contributed by atoms with Crippen LogP contribution in [0, 0.1) is 10.1 Å². The number of sulfone groups is 1. The Kier molecular flexibility index (Phi) is 6.24. The second-order valence-corrected chi connectivity index (χ2v) is 6.66. The van der Waals surface area contributed by atoms with Gasteiger partial charge in [0.2, 0.25) is 0 Å². The van der Waals surface area contributed by atoms with Gasteiger partial charge in [-0.1, -0.05) is 12.8 Å². The van der Waals surface area contributed by atoms with Crippen molar-refractivity contribution >= 4 is 27.1 Å². The number of halogens is 1. The number of unbranched alkanes of at least 4 members (excludes halogenated alkanes) is 3. The summed E-state index contributed by atoms with van der Waals surface area (Å²) in [4.78, 5) is 10.1. The monoisotopic (exact) mass is 305 g/mol. The molecule has 0 atom stereocenters. The Labute approximate surface area is 117 Å². The van der Waals surface area contributed by atoms with E-state index in [-0.39, 0.29) is 16.3 Å². The van der Waals surface area contributed by atoms with E-state index >= 15 is 0 Å². The van der Waals surface area contributed by atoms with Gasteiger partial charge in [0.1, 0.15) is 0 Å². The largest absolute Gasteiger partial charge is 0.269 e. The maximum absolute atomic E-state index is 12.0. The Morgan fingerprint density at radius 3 is 2.16 bits per heavy atom. The average molecular weight is 306 g/mol. The highest BCUT2D eigenvalue weighted by Crippen LogP contribution is 2.18. The molecule has 0 aliphatic heterocycles. The van der Waals surface area contributed by atoms with Crippen LogP contribution < -0.4 is 0 Å². The molecule has 1 rings (SSSR count). The Morgan fingerprint density at radius 2 is 1.63 bits per heavy atom. The molecule has 106 valence electrons. The molecular weight excluding hydrogens is 290 g/mol. The summed E-state index contributed by atoms with van der Waals surface area (Å²) in [6.07, 6.45) is 3.20. The van der Waals surface area contributed by atoms with E-state index in [2.05, 4.69) is 0 Å². The zero-order chi connectivity index (χ0) is 14.3. The number of nitro benzene ring substituents is 1. The summed E-state index contributed by atoms with van der Waals surface area (Å²) in [6.45, 7) is 0. The fourth-order valence-corrected chi connectivity index (χ4v) is 3.19. The molecule has 0 aromatic heterocycles. The minimum absolute atomic E-state index is 0.0626. The lowest BCUT2D eigenvalue weighted by molar-refractivity contribution is -0.384. The van der Waals surface area contributed by atoms with Gasteiger partial charge in [0, 0.05) is 18.0 Å². The fourth-order valence-electron chi connectivity index (χ4n) is 1.63. The molecule has 0 saturated carbocycles. The SMILES string of the molecule is O=[N+]([O-])c1ccc(S(=O)(=O)CCCCCCCl)cc1. The van der Waals surface area contributed by atoms with Crippen molar-refractivity contribution in [1.82, 2.24) is 0 Å². The van der Waals surface area contributed by atoms with Crippen molar-refractivity contribution in [2.75, 3.05) is 11.6 Å².